The minimum atomic E-state index is -0.774. The summed E-state index contributed by atoms with van der Waals surface area (Å²) in [5, 5.41) is 9.27. The molecule has 0 unspecified atom stereocenters. The van der Waals surface area contributed by atoms with Gasteiger partial charge in [-0.2, -0.15) is 0 Å². The second-order valence-corrected chi connectivity index (χ2v) is 7.01. The molecule has 6 nitrogen and oxygen atoms in total. The van der Waals surface area contributed by atoms with Crippen molar-refractivity contribution in [1.29, 1.82) is 0 Å². The van der Waals surface area contributed by atoms with Crippen LogP contribution < -0.4 is 9.80 Å². The number of aromatic hydroxyl groups is 1. The minimum Gasteiger partial charge on any atom is -0.505 e. The molecule has 0 radical (unpaired) electrons. The van der Waals surface area contributed by atoms with Gasteiger partial charge in [0.15, 0.2) is 11.6 Å². The zero-order valence-corrected chi connectivity index (χ0v) is 15.1. The van der Waals surface area contributed by atoms with E-state index in [1.807, 2.05) is 6.20 Å². The lowest BCUT2D eigenvalue weighted by molar-refractivity contribution is 0.0746. The second-order valence-electron chi connectivity index (χ2n) is 7.01. The smallest absolute Gasteiger partial charge is 0.254 e. The average molecular weight is 370 g/mol. The van der Waals surface area contributed by atoms with E-state index >= 15 is 0 Å². The molecule has 1 aromatic heterocycles. The van der Waals surface area contributed by atoms with Crippen LogP contribution in [0.5, 0.6) is 5.75 Å². The number of benzene rings is 1. The molecule has 2 saturated heterocycles. The van der Waals surface area contributed by atoms with Crippen LogP contribution in [0, 0.1) is 5.82 Å². The highest BCUT2D eigenvalue weighted by Gasteiger charge is 2.23. The van der Waals surface area contributed by atoms with Gasteiger partial charge in [0.25, 0.3) is 5.91 Å². The van der Waals surface area contributed by atoms with Gasteiger partial charge in [0.05, 0.1) is 11.9 Å². The van der Waals surface area contributed by atoms with E-state index in [4.69, 9.17) is 0 Å². The number of aromatic nitrogens is 1. The molecule has 3 heterocycles. The molecule has 1 amide bonds. The van der Waals surface area contributed by atoms with E-state index in [1.54, 1.807) is 4.90 Å². The molecule has 2 aromatic rings. The lowest BCUT2D eigenvalue weighted by Crippen LogP contribution is -2.48. The molecule has 2 fully saturated rings. The lowest BCUT2D eigenvalue weighted by Gasteiger charge is -2.36. The van der Waals surface area contributed by atoms with Gasteiger partial charge in [-0.3, -0.25) is 4.79 Å². The molecule has 0 aliphatic carbocycles. The van der Waals surface area contributed by atoms with Crippen molar-refractivity contribution in [2.24, 2.45) is 0 Å². The summed E-state index contributed by atoms with van der Waals surface area (Å²) in [5.41, 5.74) is 1.32. The third-order valence-corrected chi connectivity index (χ3v) is 5.29. The molecular formula is C20H23FN4O2. The van der Waals surface area contributed by atoms with Crippen molar-refractivity contribution >= 4 is 17.4 Å². The lowest BCUT2D eigenvalue weighted by atomic mass is 10.1. The molecule has 0 bridgehead atoms. The fourth-order valence-electron chi connectivity index (χ4n) is 3.69. The van der Waals surface area contributed by atoms with Crippen molar-refractivity contribution < 1.29 is 14.3 Å². The Morgan fingerprint density at radius 3 is 2.33 bits per heavy atom. The number of amides is 1. The van der Waals surface area contributed by atoms with Crippen molar-refractivity contribution in [3.8, 4) is 5.75 Å². The monoisotopic (exact) mass is 370 g/mol. The van der Waals surface area contributed by atoms with Crippen LogP contribution in [0.4, 0.5) is 15.9 Å². The number of pyridine rings is 1. The maximum absolute atomic E-state index is 13.5. The zero-order valence-electron chi connectivity index (χ0n) is 15.1. The van der Waals surface area contributed by atoms with Gasteiger partial charge in [-0.15, -0.1) is 0 Å². The number of piperazine rings is 1. The molecule has 1 aromatic carbocycles. The highest BCUT2D eigenvalue weighted by molar-refractivity contribution is 5.94. The topological polar surface area (TPSA) is 59.9 Å². The highest BCUT2D eigenvalue weighted by atomic mass is 19.1. The molecule has 4 rings (SSSR count). The number of halogens is 1. The van der Waals surface area contributed by atoms with Gasteiger partial charge in [0, 0.05) is 44.8 Å². The van der Waals surface area contributed by atoms with Crippen LogP contribution >= 0.6 is 0 Å². The summed E-state index contributed by atoms with van der Waals surface area (Å²) in [4.78, 5) is 23.4. The molecule has 0 atom stereocenters. The van der Waals surface area contributed by atoms with Gasteiger partial charge in [0.2, 0.25) is 0 Å². The summed E-state index contributed by atoms with van der Waals surface area (Å²) < 4.78 is 13.5. The number of anilines is 2. The number of hydrogen-bond donors (Lipinski definition) is 1. The quantitative estimate of drug-likeness (QED) is 0.900. The number of rotatable bonds is 3. The van der Waals surface area contributed by atoms with Crippen molar-refractivity contribution in [2.75, 3.05) is 49.1 Å². The Balaban J connectivity index is 1.36. The molecule has 142 valence electrons. The normalized spacial score (nSPS) is 17.4. The van der Waals surface area contributed by atoms with E-state index in [2.05, 4.69) is 26.9 Å². The van der Waals surface area contributed by atoms with Crippen LogP contribution in [0.1, 0.15) is 23.2 Å². The Morgan fingerprint density at radius 2 is 1.70 bits per heavy atom. The van der Waals surface area contributed by atoms with Crippen molar-refractivity contribution in [3.05, 3.63) is 47.9 Å². The third kappa shape index (κ3) is 3.67. The number of carbonyl (C=O) groups is 1. The third-order valence-electron chi connectivity index (χ3n) is 5.29. The molecule has 27 heavy (non-hydrogen) atoms. The highest BCUT2D eigenvalue weighted by Crippen LogP contribution is 2.23. The van der Waals surface area contributed by atoms with Crippen LogP contribution in [-0.2, 0) is 0 Å². The van der Waals surface area contributed by atoms with Gasteiger partial charge in [0.1, 0.15) is 5.82 Å². The molecule has 0 spiro atoms. The molecule has 2 aliphatic heterocycles. The summed E-state index contributed by atoms with van der Waals surface area (Å²) in [6, 6.07) is 7.91. The Kier molecular flexibility index (Phi) is 4.83. The van der Waals surface area contributed by atoms with Gasteiger partial charge in [-0.25, -0.2) is 9.37 Å². The standard InChI is InChI=1S/C20H23FN4O2/c21-17-13-15(3-5-18(17)26)20(27)25-11-9-23(10-12-25)16-4-6-19(22-14-16)24-7-1-2-8-24/h3-6,13-14,26H,1-2,7-12H2. The summed E-state index contributed by atoms with van der Waals surface area (Å²) in [5.74, 6) is -0.402. The van der Waals surface area contributed by atoms with Crippen LogP contribution in [0.2, 0.25) is 0 Å². The van der Waals surface area contributed by atoms with E-state index in [-0.39, 0.29) is 11.5 Å². The first kappa shape index (κ1) is 17.6. The van der Waals surface area contributed by atoms with Crippen LogP contribution in [0.3, 0.4) is 0 Å². The van der Waals surface area contributed by atoms with E-state index in [0.717, 1.165) is 30.7 Å². The number of phenols is 1. The van der Waals surface area contributed by atoms with Crippen molar-refractivity contribution in [3.63, 3.8) is 0 Å². The first-order chi connectivity index (χ1) is 13.1. The molecule has 2 aliphatic rings. The largest absolute Gasteiger partial charge is 0.505 e. The number of carbonyl (C=O) groups excluding carboxylic acids is 1. The first-order valence-corrected chi connectivity index (χ1v) is 9.35. The maximum Gasteiger partial charge on any atom is 0.254 e. The van der Waals surface area contributed by atoms with Gasteiger partial charge < -0.3 is 19.8 Å². The predicted octanol–water partition coefficient (Wildman–Crippen LogP) is 2.49. The summed E-state index contributed by atoms with van der Waals surface area (Å²) in [6.07, 6.45) is 4.36. The number of nitrogens with zero attached hydrogens (tertiary/aromatic N) is 4. The summed E-state index contributed by atoms with van der Waals surface area (Å²) in [6.45, 7) is 4.69. The van der Waals surface area contributed by atoms with E-state index in [9.17, 15) is 14.3 Å². The van der Waals surface area contributed by atoms with Gasteiger partial charge >= 0.3 is 0 Å². The second kappa shape index (κ2) is 7.42. The number of hydrogen-bond acceptors (Lipinski definition) is 5. The maximum atomic E-state index is 13.5. The van der Waals surface area contributed by atoms with Crippen molar-refractivity contribution in [1.82, 2.24) is 9.88 Å². The molecule has 7 heteroatoms. The fraction of sp³-hybridized carbons (Fsp3) is 0.400. The Bertz CT molecular complexity index is 813. The Hall–Kier alpha value is -2.83. The predicted molar refractivity (Wildman–Crippen MR) is 102 cm³/mol. The zero-order chi connectivity index (χ0) is 18.8. The van der Waals surface area contributed by atoms with E-state index in [1.165, 1.54) is 25.0 Å². The van der Waals surface area contributed by atoms with Gasteiger partial charge in [-0.05, 0) is 43.2 Å². The first-order valence-electron chi connectivity index (χ1n) is 9.35. The minimum absolute atomic E-state index is 0.212. The van der Waals surface area contributed by atoms with E-state index in [0.29, 0.717) is 26.2 Å². The number of phenolic OH excluding ortho intramolecular Hbond substituents is 1. The Labute approximate surface area is 157 Å². The Morgan fingerprint density at radius 1 is 0.963 bits per heavy atom. The summed E-state index contributed by atoms with van der Waals surface area (Å²) >= 11 is 0. The van der Waals surface area contributed by atoms with Gasteiger partial charge in [-0.1, -0.05) is 0 Å². The van der Waals surface area contributed by atoms with Crippen LogP contribution in [-0.4, -0.2) is 60.2 Å². The fourth-order valence-corrected chi connectivity index (χ4v) is 3.69. The van der Waals surface area contributed by atoms with E-state index < -0.39 is 11.6 Å². The average Bonchev–Trinajstić information content (AvgIpc) is 3.25. The SMILES string of the molecule is O=C(c1ccc(O)c(F)c1)N1CCN(c2ccc(N3CCCC3)nc2)CC1. The van der Waals surface area contributed by atoms with Crippen molar-refractivity contribution in [2.45, 2.75) is 12.8 Å². The van der Waals surface area contributed by atoms with Crippen LogP contribution in [0.25, 0.3) is 0 Å². The van der Waals surface area contributed by atoms with Crippen LogP contribution in [0.15, 0.2) is 36.5 Å². The summed E-state index contributed by atoms with van der Waals surface area (Å²) in [7, 11) is 0. The molecule has 0 saturated carbocycles. The molecule has 1 N–H and O–H groups in total. The molecular weight excluding hydrogens is 347 g/mol.